The van der Waals surface area contributed by atoms with Crippen molar-refractivity contribution in [1.82, 2.24) is 16.1 Å². The van der Waals surface area contributed by atoms with Gasteiger partial charge in [0.25, 0.3) is 0 Å². The van der Waals surface area contributed by atoms with Gasteiger partial charge < -0.3 is 34.7 Å². The van der Waals surface area contributed by atoms with Crippen LogP contribution in [0.3, 0.4) is 0 Å². The lowest BCUT2D eigenvalue weighted by Gasteiger charge is -2.28. The molecule has 4 aromatic carbocycles. The number of benzene rings is 4. The summed E-state index contributed by atoms with van der Waals surface area (Å²) in [5.74, 6) is 0.953. The molecule has 2 amide bonds. The van der Waals surface area contributed by atoms with Crippen LogP contribution in [0, 0.1) is 3.57 Å². The summed E-state index contributed by atoms with van der Waals surface area (Å²) in [6.45, 7) is 4.11. The van der Waals surface area contributed by atoms with Crippen LogP contribution >= 0.6 is 22.6 Å². The first-order chi connectivity index (χ1) is 22.8. The number of esters is 1. The van der Waals surface area contributed by atoms with Gasteiger partial charge in [0.2, 0.25) is 0 Å². The van der Waals surface area contributed by atoms with E-state index in [4.69, 9.17) is 18.9 Å². The van der Waals surface area contributed by atoms with Gasteiger partial charge in [0.05, 0.1) is 35.1 Å². The minimum atomic E-state index is -1.12. The molecule has 0 bridgehead atoms. The number of urea groups is 1. The summed E-state index contributed by atoms with van der Waals surface area (Å²) in [4.78, 5) is 24.6. The molecule has 11 nitrogen and oxygen atoms in total. The Bertz CT molecular complexity index is 1820. The van der Waals surface area contributed by atoms with Crippen LogP contribution in [0.25, 0.3) is 10.8 Å². The summed E-state index contributed by atoms with van der Waals surface area (Å²) >= 11 is 2.23. The molecule has 4 N–H and O–H groups in total. The largest absolute Gasteiger partial charge is 0.490 e. The summed E-state index contributed by atoms with van der Waals surface area (Å²) in [5, 5.41) is 22.3. The average molecular weight is 751 g/mol. The summed E-state index contributed by atoms with van der Waals surface area (Å²) in [7, 11) is 1.28. The van der Waals surface area contributed by atoms with Gasteiger partial charge in [0.1, 0.15) is 19.0 Å². The number of carbonyl (C=O) groups excluding carboxylic acids is 2. The summed E-state index contributed by atoms with van der Waals surface area (Å²) in [6, 6.07) is 24.0. The minimum absolute atomic E-state index is 0.133. The highest BCUT2D eigenvalue weighted by molar-refractivity contribution is 14.1. The fourth-order valence-corrected chi connectivity index (χ4v) is 5.80. The summed E-state index contributed by atoms with van der Waals surface area (Å²) < 4.78 is 23.6. The van der Waals surface area contributed by atoms with Crippen LogP contribution in [-0.2, 0) is 16.1 Å². The molecule has 0 unspecified atom stereocenters. The van der Waals surface area contributed by atoms with Crippen molar-refractivity contribution >= 4 is 51.6 Å². The molecule has 0 radical (unpaired) electrons. The van der Waals surface area contributed by atoms with Gasteiger partial charge in [-0.2, -0.15) is 5.10 Å². The van der Waals surface area contributed by atoms with Gasteiger partial charge in [-0.3, -0.25) is 5.43 Å². The molecule has 0 saturated carbocycles. The topological polar surface area (TPSA) is 140 Å². The molecule has 5 rings (SSSR count). The van der Waals surface area contributed by atoms with E-state index < -0.39 is 24.3 Å². The molecule has 1 aliphatic heterocycles. The fraction of sp³-hybridized carbons (Fsp3) is 0.229. The molecule has 1 aliphatic rings. The molecule has 4 aromatic rings. The summed E-state index contributed by atoms with van der Waals surface area (Å²) in [5.41, 5.74) is 5.87. The number of aliphatic hydroxyl groups is 1. The molecule has 0 aromatic heterocycles. The second-order valence-electron chi connectivity index (χ2n) is 10.5. The molecule has 2 atom stereocenters. The fourth-order valence-electron chi connectivity index (χ4n) is 5.11. The molecule has 12 heteroatoms. The highest BCUT2D eigenvalue weighted by Gasteiger charge is 2.32. The number of nitrogens with zero attached hydrogens (tertiary/aromatic N) is 1. The molecule has 47 heavy (non-hydrogen) atoms. The van der Waals surface area contributed by atoms with Gasteiger partial charge in [0, 0.05) is 5.70 Å². The maximum absolute atomic E-state index is 12.5. The molecular formula is C35H35IN4O7. The van der Waals surface area contributed by atoms with E-state index in [1.165, 1.54) is 17.9 Å². The molecular weight excluding hydrogens is 715 g/mol. The zero-order valence-corrected chi connectivity index (χ0v) is 28.2. The lowest BCUT2D eigenvalue weighted by molar-refractivity contribution is -0.136. The van der Waals surface area contributed by atoms with E-state index in [1.54, 1.807) is 31.3 Å². The number of amides is 2. The van der Waals surface area contributed by atoms with Gasteiger partial charge in [-0.05, 0) is 94.2 Å². The second-order valence-corrected chi connectivity index (χ2v) is 11.7. The minimum Gasteiger partial charge on any atom is -0.490 e. The van der Waals surface area contributed by atoms with Crippen LogP contribution in [-0.4, -0.2) is 49.9 Å². The van der Waals surface area contributed by atoms with Crippen LogP contribution in [0.1, 0.15) is 36.6 Å². The smallest absolute Gasteiger partial charge is 0.337 e. The van der Waals surface area contributed by atoms with Crippen LogP contribution in [0.2, 0.25) is 0 Å². The number of carbonyl (C=O) groups is 2. The number of nitrogens with one attached hydrogen (secondary N) is 3. The van der Waals surface area contributed by atoms with Crippen molar-refractivity contribution in [3.8, 4) is 17.2 Å². The maximum atomic E-state index is 12.5. The second kappa shape index (κ2) is 15.6. The Balaban J connectivity index is 1.17. The molecule has 244 valence electrons. The zero-order valence-electron chi connectivity index (χ0n) is 26.1. The van der Waals surface area contributed by atoms with Crippen LogP contribution < -0.4 is 30.3 Å². The third kappa shape index (κ3) is 8.32. The van der Waals surface area contributed by atoms with Crippen molar-refractivity contribution < 1.29 is 33.6 Å². The molecule has 0 aliphatic carbocycles. The van der Waals surface area contributed by atoms with Gasteiger partial charge >= 0.3 is 12.0 Å². The van der Waals surface area contributed by atoms with E-state index in [9.17, 15) is 14.7 Å². The molecule has 1 heterocycles. The van der Waals surface area contributed by atoms with Crippen molar-refractivity contribution in [2.75, 3.05) is 20.3 Å². The Morgan fingerprint density at radius 3 is 2.60 bits per heavy atom. The quantitative estimate of drug-likeness (QED) is 0.0460. The predicted octanol–water partition coefficient (Wildman–Crippen LogP) is 5.54. The first-order valence-corrected chi connectivity index (χ1v) is 16.0. The monoisotopic (exact) mass is 750 g/mol. The Morgan fingerprint density at radius 1 is 1.02 bits per heavy atom. The van der Waals surface area contributed by atoms with E-state index in [-0.39, 0.29) is 12.2 Å². The lowest BCUT2D eigenvalue weighted by Crippen LogP contribution is -2.45. The number of aliphatic hydroxyl groups excluding tert-OH is 1. The number of hydrogen-bond donors (Lipinski definition) is 4. The third-order valence-electron chi connectivity index (χ3n) is 7.33. The van der Waals surface area contributed by atoms with E-state index in [1.807, 2.05) is 43.3 Å². The molecule has 0 spiro atoms. The number of fused-ring (bicyclic) bond motifs is 1. The van der Waals surface area contributed by atoms with E-state index >= 15 is 0 Å². The first-order valence-electron chi connectivity index (χ1n) is 14.9. The van der Waals surface area contributed by atoms with Crippen LogP contribution in [0.5, 0.6) is 17.2 Å². The highest BCUT2D eigenvalue weighted by atomic mass is 127. The van der Waals surface area contributed by atoms with E-state index in [0.717, 1.165) is 20.4 Å². The van der Waals surface area contributed by atoms with Crippen molar-refractivity contribution in [3.05, 3.63) is 110 Å². The van der Waals surface area contributed by atoms with E-state index in [0.29, 0.717) is 36.0 Å². The van der Waals surface area contributed by atoms with Crippen LogP contribution in [0.15, 0.2) is 95.2 Å². The van der Waals surface area contributed by atoms with Gasteiger partial charge in [-0.15, -0.1) is 0 Å². The molecule has 0 fully saturated rings. The van der Waals surface area contributed by atoms with Crippen molar-refractivity contribution in [2.24, 2.45) is 5.10 Å². The number of ether oxygens (including phenoxy) is 4. The Kier molecular flexibility index (Phi) is 11.2. The SMILES string of the molecule is CCOc1cc([C@H]2NC(=O)NC(C)=C2C(=O)OC)ccc1OC[C@@H](O)N/N=C\c1ccc(OCc2cccc3ccccc23)c(I)c1. The number of methoxy groups -OCH3 is 1. The first kappa shape index (κ1) is 33.5. The number of allylic oxidation sites excluding steroid dienone is 1. The normalized spacial score (nSPS) is 15.2. The Morgan fingerprint density at radius 2 is 1.81 bits per heavy atom. The number of rotatable bonds is 13. The summed E-state index contributed by atoms with van der Waals surface area (Å²) in [6.07, 6.45) is 0.477. The standard InChI is InChI=1S/C35H35IN4O7/c1-4-45-30-17-24(33-32(34(42)44-3)21(2)38-35(43)39-33)13-15-29(30)47-20-31(41)40-37-18-22-12-14-28(27(36)16-22)46-19-25-10-7-9-23-8-5-6-11-26(23)25/h5-18,31,33,40-41H,4,19-20H2,1-3H3,(H2,38,39,43)/b37-18-/t31-,33-/m1/s1. The van der Waals surface area contributed by atoms with Crippen LogP contribution in [0.4, 0.5) is 4.79 Å². The van der Waals surface area contributed by atoms with Crippen molar-refractivity contribution in [1.29, 1.82) is 0 Å². The van der Waals surface area contributed by atoms with Gasteiger partial charge in [0.15, 0.2) is 17.7 Å². The Hall–Kier alpha value is -4.82. The van der Waals surface area contributed by atoms with Gasteiger partial charge in [-0.1, -0.05) is 48.5 Å². The molecule has 0 saturated heterocycles. The number of hydrazone groups is 1. The zero-order chi connectivity index (χ0) is 33.3. The predicted molar refractivity (Wildman–Crippen MR) is 186 cm³/mol. The highest BCUT2D eigenvalue weighted by Crippen LogP contribution is 2.35. The van der Waals surface area contributed by atoms with Gasteiger partial charge in [-0.25, -0.2) is 9.59 Å². The average Bonchev–Trinajstić information content (AvgIpc) is 3.06. The number of hydrogen-bond acceptors (Lipinski definition) is 9. The van der Waals surface area contributed by atoms with Crippen molar-refractivity contribution in [3.63, 3.8) is 0 Å². The number of halogens is 1. The third-order valence-corrected chi connectivity index (χ3v) is 8.17. The lowest BCUT2D eigenvalue weighted by atomic mass is 9.95. The van der Waals surface area contributed by atoms with E-state index in [2.05, 4.69) is 68.0 Å². The Labute approximate surface area is 286 Å². The van der Waals surface area contributed by atoms with Crippen molar-refractivity contribution in [2.45, 2.75) is 32.7 Å². The maximum Gasteiger partial charge on any atom is 0.337 e.